The third-order valence-electron chi connectivity index (χ3n) is 4.46. The van der Waals surface area contributed by atoms with Gasteiger partial charge in [-0.1, -0.05) is 12.1 Å². The Hall–Kier alpha value is -3.09. The van der Waals surface area contributed by atoms with Gasteiger partial charge in [0.15, 0.2) is 5.13 Å². The van der Waals surface area contributed by atoms with Gasteiger partial charge in [0, 0.05) is 29.6 Å². The van der Waals surface area contributed by atoms with Gasteiger partial charge in [-0.05, 0) is 30.7 Å². The molecule has 2 heterocycles. The summed E-state index contributed by atoms with van der Waals surface area (Å²) in [5.74, 6) is 0.951. The third kappa shape index (κ3) is 4.04. The minimum absolute atomic E-state index is 0.0835. The van der Waals surface area contributed by atoms with Gasteiger partial charge in [0.25, 0.3) is 10.0 Å². The van der Waals surface area contributed by atoms with Gasteiger partial charge in [0.1, 0.15) is 23.7 Å². The Morgan fingerprint density at radius 2 is 2.17 bits per heavy atom. The van der Waals surface area contributed by atoms with E-state index in [-0.39, 0.29) is 11.0 Å². The molecule has 0 radical (unpaired) electrons. The number of rotatable bonds is 5. The van der Waals surface area contributed by atoms with Crippen LogP contribution in [0.4, 0.5) is 5.13 Å². The SMILES string of the molecule is Cc1ccc(O[C@@H]2CCOc3cc(S(=O)(=O)Nc4nccs4)ccc32)c(C#N)c1. The van der Waals surface area contributed by atoms with Crippen LogP contribution in [0.5, 0.6) is 11.5 Å². The third-order valence-corrected chi connectivity index (χ3v) is 6.61. The summed E-state index contributed by atoms with van der Waals surface area (Å²) in [7, 11) is -3.77. The van der Waals surface area contributed by atoms with Crippen LogP contribution in [0.2, 0.25) is 0 Å². The van der Waals surface area contributed by atoms with Crippen molar-refractivity contribution in [2.75, 3.05) is 11.3 Å². The van der Waals surface area contributed by atoms with E-state index in [0.29, 0.717) is 35.2 Å². The van der Waals surface area contributed by atoms with Crippen LogP contribution in [-0.2, 0) is 10.0 Å². The largest absolute Gasteiger partial charge is 0.493 e. The van der Waals surface area contributed by atoms with Crippen molar-refractivity contribution in [2.24, 2.45) is 0 Å². The molecular formula is C20H17N3O4S2. The first-order chi connectivity index (χ1) is 14.0. The molecule has 1 aliphatic heterocycles. The Bertz CT molecular complexity index is 1180. The zero-order chi connectivity index (χ0) is 20.4. The van der Waals surface area contributed by atoms with Gasteiger partial charge in [0.2, 0.25) is 0 Å². The molecule has 148 valence electrons. The summed E-state index contributed by atoms with van der Waals surface area (Å²) in [6.45, 7) is 2.30. The molecule has 1 N–H and O–H groups in total. The van der Waals surface area contributed by atoms with Gasteiger partial charge in [-0.2, -0.15) is 5.26 Å². The number of nitriles is 1. The summed E-state index contributed by atoms with van der Waals surface area (Å²) in [4.78, 5) is 4.03. The summed E-state index contributed by atoms with van der Waals surface area (Å²) in [6.07, 6.45) is 1.79. The van der Waals surface area contributed by atoms with Crippen LogP contribution in [0.25, 0.3) is 0 Å². The topological polar surface area (TPSA) is 101 Å². The molecule has 0 fully saturated rings. The van der Waals surface area contributed by atoms with E-state index < -0.39 is 10.0 Å². The highest BCUT2D eigenvalue weighted by atomic mass is 32.2. The molecule has 4 rings (SSSR count). The highest BCUT2D eigenvalue weighted by molar-refractivity contribution is 7.93. The first kappa shape index (κ1) is 19.2. The molecule has 0 amide bonds. The van der Waals surface area contributed by atoms with Crippen LogP contribution in [0.3, 0.4) is 0 Å². The molecule has 0 unspecified atom stereocenters. The van der Waals surface area contributed by atoms with Gasteiger partial charge in [0.05, 0.1) is 17.1 Å². The summed E-state index contributed by atoms with van der Waals surface area (Å²) in [6, 6.07) is 12.3. The maximum absolute atomic E-state index is 12.6. The number of aromatic nitrogens is 1. The fraction of sp³-hybridized carbons (Fsp3) is 0.200. The van der Waals surface area contributed by atoms with Crippen LogP contribution in [0.15, 0.2) is 52.9 Å². The van der Waals surface area contributed by atoms with Crippen LogP contribution in [0.1, 0.15) is 29.2 Å². The van der Waals surface area contributed by atoms with Gasteiger partial charge in [-0.15, -0.1) is 11.3 Å². The molecule has 1 atom stereocenters. The number of thiazole rings is 1. The fourth-order valence-electron chi connectivity index (χ4n) is 3.06. The molecular weight excluding hydrogens is 410 g/mol. The maximum atomic E-state index is 12.6. The lowest BCUT2D eigenvalue weighted by atomic mass is 10.0. The van der Waals surface area contributed by atoms with Crippen LogP contribution in [-0.4, -0.2) is 20.0 Å². The van der Waals surface area contributed by atoms with Crippen LogP contribution in [0, 0.1) is 18.3 Å². The van der Waals surface area contributed by atoms with Crippen molar-refractivity contribution in [2.45, 2.75) is 24.3 Å². The smallest absolute Gasteiger partial charge is 0.263 e. The summed E-state index contributed by atoms with van der Waals surface area (Å²) >= 11 is 1.20. The number of ether oxygens (including phenoxy) is 2. The number of fused-ring (bicyclic) bond motifs is 1. The average molecular weight is 428 g/mol. The normalized spacial score (nSPS) is 15.7. The first-order valence-electron chi connectivity index (χ1n) is 8.83. The second-order valence-electron chi connectivity index (χ2n) is 6.50. The Morgan fingerprint density at radius 3 is 2.93 bits per heavy atom. The molecule has 0 spiro atoms. The zero-order valence-corrected chi connectivity index (χ0v) is 17.1. The molecule has 3 aromatic rings. The van der Waals surface area contributed by atoms with Crippen molar-refractivity contribution in [1.29, 1.82) is 5.26 Å². The van der Waals surface area contributed by atoms with Gasteiger partial charge >= 0.3 is 0 Å². The number of anilines is 1. The number of hydrogen-bond acceptors (Lipinski definition) is 7. The lowest BCUT2D eigenvalue weighted by Gasteiger charge is -2.27. The van der Waals surface area contributed by atoms with Crippen molar-refractivity contribution in [3.05, 3.63) is 64.7 Å². The lowest BCUT2D eigenvalue weighted by molar-refractivity contribution is 0.135. The number of hydrogen-bond donors (Lipinski definition) is 1. The van der Waals surface area contributed by atoms with Gasteiger partial charge in [-0.25, -0.2) is 13.4 Å². The van der Waals surface area contributed by atoms with E-state index in [1.165, 1.54) is 29.7 Å². The zero-order valence-electron chi connectivity index (χ0n) is 15.5. The van der Waals surface area contributed by atoms with Crippen molar-refractivity contribution < 1.29 is 17.9 Å². The van der Waals surface area contributed by atoms with Gasteiger partial charge in [-0.3, -0.25) is 4.72 Å². The molecule has 29 heavy (non-hydrogen) atoms. The molecule has 0 aliphatic carbocycles. The van der Waals surface area contributed by atoms with E-state index in [0.717, 1.165) is 11.1 Å². The van der Waals surface area contributed by atoms with Crippen molar-refractivity contribution in [3.8, 4) is 17.6 Å². The first-order valence-corrected chi connectivity index (χ1v) is 11.2. The predicted octanol–water partition coefficient (Wildman–Crippen LogP) is 4.03. The Kier molecular flexibility index (Phi) is 5.13. The minimum atomic E-state index is -3.77. The molecule has 0 saturated heterocycles. The Morgan fingerprint density at radius 1 is 1.31 bits per heavy atom. The predicted molar refractivity (Wildman–Crippen MR) is 109 cm³/mol. The van der Waals surface area contributed by atoms with Crippen molar-refractivity contribution >= 4 is 26.5 Å². The van der Waals surface area contributed by atoms with Crippen LogP contribution < -0.4 is 14.2 Å². The summed E-state index contributed by atoms with van der Waals surface area (Å²) in [5, 5.41) is 11.4. The number of nitrogens with zero attached hydrogens (tertiary/aromatic N) is 2. The minimum Gasteiger partial charge on any atom is -0.493 e. The van der Waals surface area contributed by atoms with E-state index in [1.807, 2.05) is 13.0 Å². The number of sulfonamides is 1. The average Bonchev–Trinajstić information content (AvgIpc) is 3.21. The number of aryl methyl sites for hydroxylation is 1. The molecule has 2 aromatic carbocycles. The molecule has 0 saturated carbocycles. The van der Waals surface area contributed by atoms with Crippen LogP contribution >= 0.6 is 11.3 Å². The maximum Gasteiger partial charge on any atom is 0.263 e. The van der Waals surface area contributed by atoms with E-state index in [2.05, 4.69) is 15.8 Å². The fourth-order valence-corrected chi connectivity index (χ4v) is 4.87. The van der Waals surface area contributed by atoms with E-state index in [4.69, 9.17) is 9.47 Å². The number of benzene rings is 2. The highest BCUT2D eigenvalue weighted by Gasteiger charge is 2.26. The lowest BCUT2D eigenvalue weighted by Crippen LogP contribution is -2.20. The molecule has 7 nitrogen and oxygen atoms in total. The number of nitrogens with one attached hydrogen (secondary N) is 1. The Balaban J connectivity index is 1.62. The molecule has 1 aliphatic rings. The molecule has 1 aromatic heterocycles. The van der Waals surface area contributed by atoms with Crippen molar-refractivity contribution in [3.63, 3.8) is 0 Å². The molecule has 9 heteroatoms. The van der Waals surface area contributed by atoms with E-state index in [1.54, 1.807) is 23.6 Å². The summed E-state index contributed by atoms with van der Waals surface area (Å²) in [5.41, 5.74) is 2.18. The summed E-state index contributed by atoms with van der Waals surface area (Å²) < 4.78 is 39.4. The monoisotopic (exact) mass is 427 g/mol. The highest BCUT2D eigenvalue weighted by Crippen LogP contribution is 2.38. The van der Waals surface area contributed by atoms with E-state index in [9.17, 15) is 13.7 Å². The van der Waals surface area contributed by atoms with Crippen molar-refractivity contribution in [1.82, 2.24) is 4.98 Å². The second kappa shape index (κ2) is 7.73. The van der Waals surface area contributed by atoms with E-state index >= 15 is 0 Å². The quantitative estimate of drug-likeness (QED) is 0.660. The molecule has 0 bridgehead atoms. The van der Waals surface area contributed by atoms with Gasteiger partial charge < -0.3 is 9.47 Å². The Labute approximate surface area is 172 Å². The second-order valence-corrected chi connectivity index (χ2v) is 9.07. The standard InChI is InChI=1S/C20H17N3O4S2/c1-13-2-5-17(14(10-13)12-21)27-18-6-8-26-19-11-15(3-4-16(18)19)29(24,25)23-20-22-7-9-28-20/h2-5,7,9-11,18H,6,8H2,1H3,(H,22,23)/t18-/m1/s1.